The minimum atomic E-state index is -3.27. The molecule has 1 aliphatic rings. The van der Waals surface area contributed by atoms with Crippen molar-refractivity contribution in [3.63, 3.8) is 0 Å². The van der Waals surface area contributed by atoms with Crippen molar-refractivity contribution in [2.45, 2.75) is 44.9 Å². The van der Waals surface area contributed by atoms with Gasteiger partial charge >= 0.3 is 6.03 Å². The number of likely N-dealkylation sites (tertiary alicyclic amines) is 1. The molecule has 1 saturated heterocycles. The molecule has 0 atom stereocenters. The van der Waals surface area contributed by atoms with Gasteiger partial charge in [0.05, 0.1) is 5.25 Å². The lowest BCUT2D eigenvalue weighted by molar-refractivity contribution is 0.193. The smallest absolute Gasteiger partial charge is 0.321 e. The average Bonchev–Trinajstić information content (AvgIpc) is 3.04. The van der Waals surface area contributed by atoms with Crippen molar-refractivity contribution in [3.05, 3.63) is 29.1 Å². The first kappa shape index (κ1) is 19.1. The fourth-order valence-corrected chi connectivity index (χ4v) is 4.94. The molecule has 142 valence electrons. The number of nitrogens with one attached hydrogen (secondary N) is 2. The predicted octanol–water partition coefficient (Wildman–Crippen LogP) is 3.53. The molecule has 2 aromatic rings. The van der Waals surface area contributed by atoms with Gasteiger partial charge in [0.25, 0.3) is 0 Å². The van der Waals surface area contributed by atoms with E-state index in [4.69, 9.17) is 0 Å². The SMILES string of the molecule is Cc1cc(NC(=O)N2CCC(NS(=O)(=O)C(C)C)CC2)cc2ccsc12. The molecule has 6 nitrogen and oxygen atoms in total. The highest BCUT2D eigenvalue weighted by Crippen LogP contribution is 2.28. The Kier molecular flexibility index (Phi) is 5.55. The molecule has 1 fully saturated rings. The average molecular weight is 396 g/mol. The number of urea groups is 1. The Morgan fingerprint density at radius 1 is 1.27 bits per heavy atom. The summed E-state index contributed by atoms with van der Waals surface area (Å²) in [5.74, 6) is 0. The van der Waals surface area contributed by atoms with Crippen molar-refractivity contribution in [2.75, 3.05) is 18.4 Å². The van der Waals surface area contributed by atoms with Gasteiger partial charge < -0.3 is 10.2 Å². The molecular formula is C18H25N3O3S2. The Labute approximate surface area is 158 Å². The van der Waals surface area contributed by atoms with E-state index in [1.54, 1.807) is 30.1 Å². The highest BCUT2D eigenvalue weighted by molar-refractivity contribution is 7.90. The number of nitrogens with zero attached hydrogens (tertiary/aromatic N) is 1. The van der Waals surface area contributed by atoms with Crippen molar-refractivity contribution in [1.29, 1.82) is 0 Å². The van der Waals surface area contributed by atoms with Gasteiger partial charge in [-0.2, -0.15) is 0 Å². The number of anilines is 1. The topological polar surface area (TPSA) is 78.5 Å². The first-order chi connectivity index (χ1) is 12.3. The number of amides is 2. The van der Waals surface area contributed by atoms with Gasteiger partial charge in [-0.05, 0) is 68.1 Å². The molecule has 2 amide bonds. The lowest BCUT2D eigenvalue weighted by Gasteiger charge is -2.32. The molecule has 0 radical (unpaired) electrons. The summed E-state index contributed by atoms with van der Waals surface area (Å²) in [6, 6.07) is 5.79. The highest BCUT2D eigenvalue weighted by Gasteiger charge is 2.27. The van der Waals surface area contributed by atoms with E-state index in [1.807, 2.05) is 24.4 Å². The van der Waals surface area contributed by atoms with Gasteiger partial charge in [-0.3, -0.25) is 0 Å². The number of rotatable bonds is 4. The largest absolute Gasteiger partial charge is 0.324 e. The number of sulfonamides is 1. The molecule has 8 heteroatoms. The Morgan fingerprint density at radius 3 is 2.62 bits per heavy atom. The molecule has 26 heavy (non-hydrogen) atoms. The summed E-state index contributed by atoms with van der Waals surface area (Å²) in [5, 5.41) is 5.70. The van der Waals surface area contributed by atoms with Crippen molar-refractivity contribution < 1.29 is 13.2 Å². The molecule has 2 heterocycles. The Bertz CT molecular complexity index is 898. The monoisotopic (exact) mass is 395 g/mol. The third-order valence-electron chi connectivity index (χ3n) is 4.72. The van der Waals surface area contributed by atoms with E-state index >= 15 is 0 Å². The second kappa shape index (κ2) is 7.54. The molecule has 0 aliphatic carbocycles. The van der Waals surface area contributed by atoms with Crippen LogP contribution in [0.4, 0.5) is 10.5 Å². The number of hydrogen-bond donors (Lipinski definition) is 2. The molecular weight excluding hydrogens is 370 g/mol. The van der Waals surface area contributed by atoms with Gasteiger partial charge in [-0.15, -0.1) is 11.3 Å². The first-order valence-electron chi connectivity index (χ1n) is 8.81. The van der Waals surface area contributed by atoms with E-state index < -0.39 is 15.3 Å². The number of aryl methyl sites for hydroxylation is 1. The lowest BCUT2D eigenvalue weighted by atomic mass is 10.1. The van der Waals surface area contributed by atoms with E-state index in [1.165, 1.54) is 4.70 Å². The van der Waals surface area contributed by atoms with E-state index in [9.17, 15) is 13.2 Å². The lowest BCUT2D eigenvalue weighted by Crippen LogP contribution is -2.48. The van der Waals surface area contributed by atoms with Crippen molar-refractivity contribution in [2.24, 2.45) is 0 Å². The minimum absolute atomic E-state index is 0.101. The van der Waals surface area contributed by atoms with Crippen LogP contribution >= 0.6 is 11.3 Å². The van der Waals surface area contributed by atoms with Crippen LogP contribution in [0.3, 0.4) is 0 Å². The quantitative estimate of drug-likeness (QED) is 0.831. The fourth-order valence-electron chi connectivity index (χ4n) is 3.10. The summed E-state index contributed by atoms with van der Waals surface area (Å²) in [4.78, 5) is 14.3. The van der Waals surface area contributed by atoms with Gasteiger partial charge in [0.1, 0.15) is 0 Å². The van der Waals surface area contributed by atoms with Crippen LogP contribution in [-0.4, -0.2) is 43.7 Å². The van der Waals surface area contributed by atoms with E-state index in [-0.39, 0.29) is 12.1 Å². The van der Waals surface area contributed by atoms with Crippen molar-refractivity contribution in [1.82, 2.24) is 9.62 Å². The molecule has 0 saturated carbocycles. The van der Waals surface area contributed by atoms with Crippen LogP contribution in [0.25, 0.3) is 10.1 Å². The highest BCUT2D eigenvalue weighted by atomic mass is 32.2. The van der Waals surface area contributed by atoms with Gasteiger partial charge in [0.15, 0.2) is 0 Å². The molecule has 1 aromatic heterocycles. The van der Waals surface area contributed by atoms with E-state index in [0.29, 0.717) is 25.9 Å². The van der Waals surface area contributed by atoms with Gasteiger partial charge in [-0.25, -0.2) is 17.9 Å². The van der Waals surface area contributed by atoms with Crippen LogP contribution < -0.4 is 10.0 Å². The number of carbonyl (C=O) groups is 1. The number of piperidine rings is 1. The first-order valence-corrected chi connectivity index (χ1v) is 11.2. The van der Waals surface area contributed by atoms with Crippen LogP contribution in [0.15, 0.2) is 23.6 Å². The Balaban J connectivity index is 1.58. The van der Waals surface area contributed by atoms with Crippen molar-refractivity contribution in [3.8, 4) is 0 Å². The number of benzene rings is 1. The molecule has 0 bridgehead atoms. The second-order valence-corrected chi connectivity index (χ2v) is 10.2. The molecule has 1 aliphatic heterocycles. The van der Waals surface area contributed by atoms with E-state index in [0.717, 1.165) is 16.6 Å². The van der Waals surface area contributed by atoms with Crippen LogP contribution in [-0.2, 0) is 10.0 Å². The standard InChI is InChI=1S/C18H25N3O3S2/c1-12(2)26(23,24)20-15-4-7-21(8-5-15)18(22)19-16-10-13(3)17-14(11-16)6-9-25-17/h6,9-12,15,20H,4-5,7-8H2,1-3H3,(H,19,22). The maximum Gasteiger partial charge on any atom is 0.321 e. The van der Waals surface area contributed by atoms with Gasteiger partial charge in [-0.1, -0.05) is 0 Å². The van der Waals surface area contributed by atoms with Crippen LogP contribution in [0, 0.1) is 6.92 Å². The third-order valence-corrected chi connectivity index (χ3v) is 7.69. The summed E-state index contributed by atoms with van der Waals surface area (Å²) in [5.41, 5.74) is 1.94. The predicted molar refractivity (Wildman–Crippen MR) is 107 cm³/mol. The normalized spacial score (nSPS) is 16.4. The summed E-state index contributed by atoms with van der Waals surface area (Å²) >= 11 is 1.70. The summed E-state index contributed by atoms with van der Waals surface area (Å²) in [6.45, 7) is 6.45. The molecule has 0 unspecified atom stereocenters. The number of hydrogen-bond acceptors (Lipinski definition) is 4. The second-order valence-electron chi connectivity index (χ2n) is 7.04. The molecule has 2 N–H and O–H groups in total. The third kappa shape index (κ3) is 4.19. The van der Waals surface area contributed by atoms with Crippen LogP contribution in [0.1, 0.15) is 32.3 Å². The zero-order valence-electron chi connectivity index (χ0n) is 15.3. The van der Waals surface area contributed by atoms with Gasteiger partial charge in [0.2, 0.25) is 10.0 Å². The fraction of sp³-hybridized carbons (Fsp3) is 0.500. The Morgan fingerprint density at radius 2 is 1.96 bits per heavy atom. The summed E-state index contributed by atoms with van der Waals surface area (Å²) in [7, 11) is -3.27. The van der Waals surface area contributed by atoms with E-state index in [2.05, 4.69) is 16.1 Å². The van der Waals surface area contributed by atoms with Crippen LogP contribution in [0.5, 0.6) is 0 Å². The minimum Gasteiger partial charge on any atom is -0.324 e. The maximum atomic E-state index is 12.5. The summed E-state index contributed by atoms with van der Waals surface area (Å²) in [6.07, 6.45) is 1.25. The number of thiophene rings is 1. The van der Waals surface area contributed by atoms with Crippen LogP contribution in [0.2, 0.25) is 0 Å². The molecule has 3 rings (SSSR count). The maximum absolute atomic E-state index is 12.5. The summed E-state index contributed by atoms with van der Waals surface area (Å²) < 4.78 is 27.9. The van der Waals surface area contributed by atoms with Crippen molar-refractivity contribution >= 4 is 43.2 Å². The zero-order chi connectivity index (χ0) is 18.9. The Hall–Kier alpha value is -1.64. The zero-order valence-corrected chi connectivity index (χ0v) is 16.9. The number of fused-ring (bicyclic) bond motifs is 1. The number of carbonyl (C=O) groups excluding carboxylic acids is 1. The molecule has 1 aromatic carbocycles. The van der Waals surface area contributed by atoms with Gasteiger partial charge in [0, 0.05) is 29.5 Å². The molecule has 0 spiro atoms.